The number of nitrogens with one attached hydrogen (secondary N) is 2. The maximum atomic E-state index is 13.0. The van der Waals surface area contributed by atoms with E-state index in [0.717, 1.165) is 18.5 Å². The first-order valence-corrected chi connectivity index (χ1v) is 9.41. The number of nitrogens with zero attached hydrogens (tertiary/aromatic N) is 3. The SMILES string of the molecule is O=C(Nc1ccc(F)cc1)c1ccc([C@H]2CCCN(C(=O)c3ccn[nH]3)C2)nc1. The minimum atomic E-state index is -0.360. The Morgan fingerprint density at radius 2 is 1.97 bits per heavy atom. The summed E-state index contributed by atoms with van der Waals surface area (Å²) in [6.07, 6.45) is 4.91. The molecule has 1 aliphatic heterocycles. The lowest BCUT2D eigenvalue weighted by Crippen LogP contribution is -2.39. The van der Waals surface area contributed by atoms with Crippen molar-refractivity contribution in [2.24, 2.45) is 0 Å². The Labute approximate surface area is 167 Å². The summed E-state index contributed by atoms with van der Waals surface area (Å²) >= 11 is 0. The van der Waals surface area contributed by atoms with E-state index in [1.165, 1.54) is 30.5 Å². The molecule has 1 atom stereocenters. The molecule has 1 aliphatic rings. The van der Waals surface area contributed by atoms with Crippen LogP contribution in [-0.4, -0.2) is 45.0 Å². The Morgan fingerprint density at radius 1 is 1.14 bits per heavy atom. The highest BCUT2D eigenvalue weighted by molar-refractivity contribution is 6.04. The number of rotatable bonds is 4. The number of hydrogen-bond acceptors (Lipinski definition) is 4. The quantitative estimate of drug-likeness (QED) is 0.712. The summed E-state index contributed by atoms with van der Waals surface area (Å²) in [5.41, 5.74) is 2.26. The number of benzene rings is 1. The summed E-state index contributed by atoms with van der Waals surface area (Å²) in [7, 11) is 0. The standard InChI is InChI=1S/C21H20FN5O2/c22-16-4-6-17(7-5-16)25-20(28)14-3-8-18(23-12-14)15-2-1-11-27(13-15)21(29)19-9-10-24-26-19/h3-10,12,15H,1-2,11,13H2,(H,24,26)(H,25,28)/t15-/m0/s1. The molecule has 2 aromatic heterocycles. The zero-order valence-electron chi connectivity index (χ0n) is 15.6. The lowest BCUT2D eigenvalue weighted by molar-refractivity contribution is 0.0700. The van der Waals surface area contributed by atoms with E-state index in [-0.39, 0.29) is 23.5 Å². The molecule has 29 heavy (non-hydrogen) atoms. The predicted molar refractivity (Wildman–Crippen MR) is 105 cm³/mol. The average molecular weight is 393 g/mol. The van der Waals surface area contributed by atoms with Crippen LogP contribution in [0.1, 0.15) is 45.3 Å². The molecule has 3 aromatic rings. The van der Waals surface area contributed by atoms with E-state index >= 15 is 0 Å². The van der Waals surface area contributed by atoms with Gasteiger partial charge in [-0.25, -0.2) is 4.39 Å². The first-order chi connectivity index (χ1) is 14.1. The Hall–Kier alpha value is -3.55. The van der Waals surface area contributed by atoms with Gasteiger partial charge in [0.1, 0.15) is 11.5 Å². The molecule has 0 unspecified atom stereocenters. The number of aromatic amines is 1. The molecule has 8 heteroatoms. The van der Waals surface area contributed by atoms with Crippen molar-refractivity contribution in [1.82, 2.24) is 20.1 Å². The molecule has 2 N–H and O–H groups in total. The van der Waals surface area contributed by atoms with Crippen molar-refractivity contribution in [3.63, 3.8) is 0 Å². The first-order valence-electron chi connectivity index (χ1n) is 9.41. The molecule has 1 saturated heterocycles. The number of likely N-dealkylation sites (tertiary alicyclic amines) is 1. The molecule has 4 rings (SSSR count). The molecule has 7 nitrogen and oxygen atoms in total. The van der Waals surface area contributed by atoms with Crippen LogP contribution in [0.15, 0.2) is 54.9 Å². The Bertz CT molecular complexity index is 987. The maximum Gasteiger partial charge on any atom is 0.271 e. The predicted octanol–water partition coefficient (Wildman–Crippen LogP) is 3.22. The number of amides is 2. The number of piperidine rings is 1. The van der Waals surface area contributed by atoms with Crippen molar-refractivity contribution in [2.45, 2.75) is 18.8 Å². The van der Waals surface area contributed by atoms with Gasteiger partial charge in [0.15, 0.2) is 0 Å². The Balaban J connectivity index is 1.41. The van der Waals surface area contributed by atoms with Crippen LogP contribution < -0.4 is 5.32 Å². The van der Waals surface area contributed by atoms with Gasteiger partial charge in [-0.2, -0.15) is 5.10 Å². The third kappa shape index (κ3) is 4.31. The number of carbonyl (C=O) groups is 2. The topological polar surface area (TPSA) is 91.0 Å². The van der Waals surface area contributed by atoms with Gasteiger partial charge in [-0.1, -0.05) is 0 Å². The molecule has 1 fully saturated rings. The second kappa shape index (κ2) is 8.22. The highest BCUT2D eigenvalue weighted by Gasteiger charge is 2.27. The molecule has 3 heterocycles. The summed E-state index contributed by atoms with van der Waals surface area (Å²) in [5.74, 6) is -0.621. The minimum absolute atomic E-state index is 0.0671. The summed E-state index contributed by atoms with van der Waals surface area (Å²) in [6.45, 7) is 1.28. The molecule has 2 amide bonds. The van der Waals surface area contributed by atoms with Crippen LogP contribution in [0.4, 0.5) is 10.1 Å². The van der Waals surface area contributed by atoms with E-state index < -0.39 is 0 Å². The van der Waals surface area contributed by atoms with Crippen LogP contribution in [0.2, 0.25) is 0 Å². The third-order valence-corrected chi connectivity index (χ3v) is 5.01. The van der Waals surface area contributed by atoms with Crippen LogP contribution in [-0.2, 0) is 0 Å². The van der Waals surface area contributed by atoms with Crippen molar-refractivity contribution in [3.8, 4) is 0 Å². The van der Waals surface area contributed by atoms with E-state index in [1.807, 2.05) is 6.07 Å². The summed E-state index contributed by atoms with van der Waals surface area (Å²) in [6, 6.07) is 10.8. The van der Waals surface area contributed by atoms with E-state index in [1.54, 1.807) is 23.2 Å². The number of hydrogen-bond donors (Lipinski definition) is 2. The van der Waals surface area contributed by atoms with Gasteiger partial charge in [0.05, 0.1) is 5.56 Å². The van der Waals surface area contributed by atoms with Crippen molar-refractivity contribution in [1.29, 1.82) is 0 Å². The molecule has 0 spiro atoms. The van der Waals surface area contributed by atoms with Crippen LogP contribution in [0.25, 0.3) is 0 Å². The number of aromatic nitrogens is 3. The molecule has 1 aromatic carbocycles. The summed E-state index contributed by atoms with van der Waals surface area (Å²) < 4.78 is 13.0. The molecule has 0 aliphatic carbocycles. The Kier molecular flexibility index (Phi) is 5.33. The maximum absolute atomic E-state index is 13.0. The fourth-order valence-corrected chi connectivity index (χ4v) is 3.47. The lowest BCUT2D eigenvalue weighted by Gasteiger charge is -2.32. The average Bonchev–Trinajstić information content (AvgIpc) is 3.30. The third-order valence-electron chi connectivity index (χ3n) is 5.01. The molecular weight excluding hydrogens is 373 g/mol. The molecule has 148 valence electrons. The fraction of sp³-hybridized carbons (Fsp3) is 0.238. The van der Waals surface area contributed by atoms with E-state index in [4.69, 9.17) is 0 Å². The second-order valence-electron chi connectivity index (χ2n) is 6.99. The number of anilines is 1. The lowest BCUT2D eigenvalue weighted by atomic mass is 9.93. The number of carbonyl (C=O) groups excluding carboxylic acids is 2. The first kappa shape index (κ1) is 18.8. The Morgan fingerprint density at radius 3 is 2.66 bits per heavy atom. The molecular formula is C21H20FN5O2. The van der Waals surface area contributed by atoms with Gasteiger partial charge in [0.25, 0.3) is 11.8 Å². The van der Waals surface area contributed by atoms with Crippen LogP contribution in [0.3, 0.4) is 0 Å². The molecule has 0 saturated carbocycles. The van der Waals surface area contributed by atoms with Gasteiger partial charge in [-0.15, -0.1) is 0 Å². The normalized spacial score (nSPS) is 16.4. The minimum Gasteiger partial charge on any atom is -0.337 e. The van der Waals surface area contributed by atoms with Gasteiger partial charge in [0.2, 0.25) is 0 Å². The van der Waals surface area contributed by atoms with Crippen molar-refractivity contribution in [3.05, 3.63) is 77.6 Å². The van der Waals surface area contributed by atoms with Crippen LogP contribution >= 0.6 is 0 Å². The number of H-pyrrole nitrogens is 1. The second-order valence-corrected chi connectivity index (χ2v) is 6.99. The van der Waals surface area contributed by atoms with Crippen LogP contribution in [0, 0.1) is 5.82 Å². The highest BCUT2D eigenvalue weighted by Crippen LogP contribution is 2.26. The highest BCUT2D eigenvalue weighted by atomic mass is 19.1. The summed E-state index contributed by atoms with van der Waals surface area (Å²) in [4.78, 5) is 31.1. The number of pyridine rings is 1. The van der Waals surface area contributed by atoms with Gasteiger partial charge in [-0.05, 0) is 55.3 Å². The van der Waals surface area contributed by atoms with Gasteiger partial charge in [0, 0.05) is 42.8 Å². The zero-order valence-corrected chi connectivity index (χ0v) is 15.6. The molecule has 0 radical (unpaired) electrons. The largest absolute Gasteiger partial charge is 0.337 e. The van der Waals surface area contributed by atoms with E-state index in [0.29, 0.717) is 30.0 Å². The zero-order chi connectivity index (χ0) is 20.2. The summed E-state index contributed by atoms with van der Waals surface area (Å²) in [5, 5.41) is 9.26. The monoisotopic (exact) mass is 393 g/mol. The number of halogens is 1. The smallest absolute Gasteiger partial charge is 0.271 e. The fourth-order valence-electron chi connectivity index (χ4n) is 3.47. The van der Waals surface area contributed by atoms with Crippen LogP contribution in [0.5, 0.6) is 0 Å². The van der Waals surface area contributed by atoms with Crippen molar-refractivity contribution < 1.29 is 14.0 Å². The van der Waals surface area contributed by atoms with Crippen molar-refractivity contribution in [2.75, 3.05) is 18.4 Å². The van der Waals surface area contributed by atoms with Gasteiger partial charge in [-0.3, -0.25) is 19.7 Å². The molecule has 0 bridgehead atoms. The van der Waals surface area contributed by atoms with Crippen molar-refractivity contribution >= 4 is 17.5 Å². The van der Waals surface area contributed by atoms with E-state index in [2.05, 4.69) is 20.5 Å². The van der Waals surface area contributed by atoms with Gasteiger partial charge < -0.3 is 10.2 Å². The van der Waals surface area contributed by atoms with Gasteiger partial charge >= 0.3 is 0 Å². The van der Waals surface area contributed by atoms with E-state index in [9.17, 15) is 14.0 Å².